The van der Waals surface area contributed by atoms with Crippen LogP contribution in [0.5, 0.6) is 5.88 Å². The van der Waals surface area contributed by atoms with Gasteiger partial charge in [-0.2, -0.15) is 4.98 Å². The molecule has 0 spiro atoms. The number of thiophene rings is 1. The third kappa shape index (κ3) is 2.87. The summed E-state index contributed by atoms with van der Waals surface area (Å²) in [5, 5.41) is 1.24. The highest BCUT2D eigenvalue weighted by molar-refractivity contribution is 7.18. The predicted molar refractivity (Wildman–Crippen MR) is 72.2 cm³/mol. The molecule has 2 aromatic rings. The lowest BCUT2D eigenvalue weighted by molar-refractivity contribution is 0.301. The van der Waals surface area contributed by atoms with Gasteiger partial charge in [0, 0.05) is 4.88 Å². The lowest BCUT2D eigenvalue weighted by Gasteiger charge is -2.05. The molecule has 2 aromatic heterocycles. The average Bonchev–Trinajstić information content (AvgIpc) is 2.72. The minimum absolute atomic E-state index is 0.258. The van der Waals surface area contributed by atoms with E-state index in [0.717, 1.165) is 29.5 Å². The summed E-state index contributed by atoms with van der Waals surface area (Å²) in [4.78, 5) is 10.6. The molecule has 17 heavy (non-hydrogen) atoms. The standard InChI is InChI=1S/C12H15ClN2OS/c1-3-5-6-16-10-9-7-8(4-2)17-11(9)15-12(13)14-10/h7H,3-6H2,1-2H3. The van der Waals surface area contributed by atoms with Gasteiger partial charge in [0.05, 0.1) is 12.0 Å². The van der Waals surface area contributed by atoms with Crippen molar-refractivity contribution in [3.63, 3.8) is 0 Å². The fourth-order valence-electron chi connectivity index (χ4n) is 1.52. The average molecular weight is 271 g/mol. The molecule has 0 radical (unpaired) electrons. The van der Waals surface area contributed by atoms with Crippen LogP contribution in [-0.4, -0.2) is 16.6 Å². The van der Waals surface area contributed by atoms with Gasteiger partial charge in [0.1, 0.15) is 4.83 Å². The number of hydrogen-bond acceptors (Lipinski definition) is 4. The lowest BCUT2D eigenvalue weighted by Crippen LogP contribution is -1.99. The Bertz CT molecular complexity index is 512. The third-order valence-corrected chi connectivity index (χ3v) is 3.81. The number of unbranched alkanes of at least 4 members (excludes halogenated alkanes) is 1. The Morgan fingerprint density at radius 1 is 1.35 bits per heavy atom. The summed E-state index contributed by atoms with van der Waals surface area (Å²) in [5.41, 5.74) is 0. The van der Waals surface area contributed by atoms with Crippen LogP contribution in [-0.2, 0) is 6.42 Å². The Kier molecular flexibility index (Phi) is 4.18. The van der Waals surface area contributed by atoms with Gasteiger partial charge in [-0.3, -0.25) is 0 Å². The van der Waals surface area contributed by atoms with Crippen LogP contribution in [0.4, 0.5) is 0 Å². The van der Waals surface area contributed by atoms with Crippen LogP contribution in [0.2, 0.25) is 5.28 Å². The van der Waals surface area contributed by atoms with Gasteiger partial charge in [-0.15, -0.1) is 11.3 Å². The van der Waals surface area contributed by atoms with Crippen molar-refractivity contribution in [1.82, 2.24) is 9.97 Å². The highest BCUT2D eigenvalue weighted by Crippen LogP contribution is 2.31. The van der Waals surface area contributed by atoms with E-state index in [1.165, 1.54) is 4.88 Å². The van der Waals surface area contributed by atoms with Crippen LogP contribution in [0, 0.1) is 0 Å². The van der Waals surface area contributed by atoms with Gasteiger partial charge in [-0.05, 0) is 30.5 Å². The quantitative estimate of drug-likeness (QED) is 0.606. The predicted octanol–water partition coefficient (Wildman–Crippen LogP) is 4.09. The molecule has 0 amide bonds. The SMILES string of the molecule is CCCCOc1nc(Cl)nc2sc(CC)cc12. The Morgan fingerprint density at radius 2 is 2.18 bits per heavy atom. The molecule has 0 saturated carbocycles. The molecule has 0 saturated heterocycles. The number of nitrogens with zero attached hydrogens (tertiary/aromatic N) is 2. The van der Waals surface area contributed by atoms with Crippen LogP contribution >= 0.6 is 22.9 Å². The molecular formula is C12H15ClN2OS. The van der Waals surface area contributed by atoms with E-state index in [-0.39, 0.29) is 5.28 Å². The number of rotatable bonds is 5. The minimum Gasteiger partial charge on any atom is -0.477 e. The fraction of sp³-hybridized carbons (Fsp3) is 0.500. The minimum atomic E-state index is 0.258. The molecule has 0 aliphatic heterocycles. The van der Waals surface area contributed by atoms with Crippen LogP contribution in [0.1, 0.15) is 31.6 Å². The normalized spacial score (nSPS) is 11.0. The van der Waals surface area contributed by atoms with Gasteiger partial charge in [0.2, 0.25) is 11.2 Å². The highest BCUT2D eigenvalue weighted by atomic mass is 35.5. The summed E-state index contributed by atoms with van der Waals surface area (Å²) in [6.07, 6.45) is 3.12. The summed E-state index contributed by atoms with van der Waals surface area (Å²) in [7, 11) is 0. The van der Waals surface area contributed by atoms with Gasteiger partial charge in [0.15, 0.2) is 0 Å². The molecular weight excluding hydrogens is 256 g/mol. The number of fused-ring (bicyclic) bond motifs is 1. The van der Waals surface area contributed by atoms with Crippen molar-refractivity contribution >= 4 is 33.2 Å². The molecule has 2 rings (SSSR count). The van der Waals surface area contributed by atoms with Crippen LogP contribution in [0.3, 0.4) is 0 Å². The Labute approximate surface area is 110 Å². The summed E-state index contributed by atoms with van der Waals surface area (Å²) in [6.45, 7) is 4.93. The second-order valence-corrected chi connectivity index (χ2v) is 5.24. The van der Waals surface area contributed by atoms with E-state index in [4.69, 9.17) is 16.3 Å². The first-order chi connectivity index (χ1) is 8.24. The zero-order valence-electron chi connectivity index (χ0n) is 9.99. The lowest BCUT2D eigenvalue weighted by atomic mass is 10.3. The van der Waals surface area contributed by atoms with E-state index >= 15 is 0 Å². The number of aryl methyl sites for hydroxylation is 1. The molecule has 0 aliphatic carbocycles. The van der Waals surface area contributed by atoms with E-state index in [0.29, 0.717) is 12.5 Å². The zero-order chi connectivity index (χ0) is 12.3. The maximum Gasteiger partial charge on any atom is 0.227 e. The number of ether oxygens (including phenoxy) is 1. The van der Waals surface area contributed by atoms with Crippen molar-refractivity contribution in [2.45, 2.75) is 33.1 Å². The van der Waals surface area contributed by atoms with Gasteiger partial charge >= 0.3 is 0 Å². The second-order valence-electron chi connectivity index (χ2n) is 3.78. The van der Waals surface area contributed by atoms with E-state index < -0.39 is 0 Å². The van der Waals surface area contributed by atoms with Crippen molar-refractivity contribution in [3.8, 4) is 5.88 Å². The number of hydrogen-bond donors (Lipinski definition) is 0. The highest BCUT2D eigenvalue weighted by Gasteiger charge is 2.11. The molecule has 92 valence electrons. The number of aromatic nitrogens is 2. The van der Waals surface area contributed by atoms with E-state index in [1.54, 1.807) is 11.3 Å². The maximum atomic E-state index is 5.89. The van der Waals surface area contributed by atoms with Crippen molar-refractivity contribution in [1.29, 1.82) is 0 Å². The zero-order valence-corrected chi connectivity index (χ0v) is 11.6. The smallest absolute Gasteiger partial charge is 0.227 e. The molecule has 0 atom stereocenters. The summed E-state index contributed by atoms with van der Waals surface area (Å²) < 4.78 is 5.67. The van der Waals surface area contributed by atoms with Gasteiger partial charge in [-0.25, -0.2) is 4.98 Å². The van der Waals surface area contributed by atoms with E-state index in [9.17, 15) is 0 Å². The maximum absolute atomic E-state index is 5.89. The molecule has 0 N–H and O–H groups in total. The van der Waals surface area contributed by atoms with Crippen molar-refractivity contribution < 1.29 is 4.74 Å². The molecule has 5 heteroatoms. The summed E-state index contributed by atoms with van der Waals surface area (Å²) in [6, 6.07) is 2.09. The number of halogens is 1. The van der Waals surface area contributed by atoms with Crippen LogP contribution in [0.15, 0.2) is 6.07 Å². The fourth-order valence-corrected chi connectivity index (χ4v) is 2.69. The molecule has 0 bridgehead atoms. The summed E-state index contributed by atoms with van der Waals surface area (Å²) in [5.74, 6) is 0.615. The Hall–Kier alpha value is -0.870. The topological polar surface area (TPSA) is 35.0 Å². The molecule has 0 unspecified atom stereocenters. The first-order valence-corrected chi connectivity index (χ1v) is 7.02. The van der Waals surface area contributed by atoms with Gasteiger partial charge in [-0.1, -0.05) is 20.3 Å². The van der Waals surface area contributed by atoms with E-state index in [2.05, 4.69) is 29.9 Å². The molecule has 0 aromatic carbocycles. The van der Waals surface area contributed by atoms with Crippen LogP contribution in [0.25, 0.3) is 10.2 Å². The Balaban J connectivity index is 2.34. The molecule has 0 fully saturated rings. The third-order valence-electron chi connectivity index (χ3n) is 2.47. The first kappa shape index (κ1) is 12.6. The van der Waals surface area contributed by atoms with Crippen LogP contribution < -0.4 is 4.74 Å². The van der Waals surface area contributed by atoms with Gasteiger partial charge < -0.3 is 4.74 Å². The van der Waals surface area contributed by atoms with Crippen molar-refractivity contribution in [2.24, 2.45) is 0 Å². The van der Waals surface area contributed by atoms with E-state index in [1.807, 2.05) is 0 Å². The van der Waals surface area contributed by atoms with Gasteiger partial charge in [0.25, 0.3) is 0 Å². The summed E-state index contributed by atoms with van der Waals surface area (Å²) >= 11 is 7.54. The van der Waals surface area contributed by atoms with Crippen molar-refractivity contribution in [3.05, 3.63) is 16.2 Å². The molecule has 3 nitrogen and oxygen atoms in total. The molecule has 0 aliphatic rings. The second kappa shape index (κ2) is 5.65. The van der Waals surface area contributed by atoms with Crippen molar-refractivity contribution in [2.75, 3.05) is 6.61 Å². The monoisotopic (exact) mass is 270 g/mol. The Morgan fingerprint density at radius 3 is 2.88 bits per heavy atom. The largest absolute Gasteiger partial charge is 0.477 e. The first-order valence-electron chi connectivity index (χ1n) is 5.83. The molecule has 2 heterocycles.